The molecule has 1 aromatic heterocycles. The second kappa shape index (κ2) is 5.84. The van der Waals surface area contributed by atoms with E-state index in [0.29, 0.717) is 0 Å². The molecule has 130 valence electrons. The van der Waals surface area contributed by atoms with Gasteiger partial charge in [0.25, 0.3) is 0 Å². The van der Waals surface area contributed by atoms with E-state index >= 15 is 0 Å². The van der Waals surface area contributed by atoms with Crippen LogP contribution < -0.4 is 15.2 Å². The molecule has 4 nitrogen and oxygen atoms in total. The van der Waals surface area contributed by atoms with Gasteiger partial charge in [0.05, 0.1) is 0 Å². The van der Waals surface area contributed by atoms with Crippen LogP contribution in [0, 0.1) is 0 Å². The number of nitrogens with one attached hydrogen (secondary N) is 1. The molecule has 4 heteroatoms. The summed E-state index contributed by atoms with van der Waals surface area (Å²) in [4.78, 5) is 4.86. The fourth-order valence-electron chi connectivity index (χ4n) is 3.98. The summed E-state index contributed by atoms with van der Waals surface area (Å²) >= 11 is 0. The van der Waals surface area contributed by atoms with Crippen LogP contribution in [0.3, 0.4) is 0 Å². The van der Waals surface area contributed by atoms with E-state index in [0.717, 1.165) is 53.6 Å². The van der Waals surface area contributed by atoms with Crippen molar-refractivity contribution in [2.75, 3.05) is 25.0 Å². The van der Waals surface area contributed by atoms with Crippen molar-refractivity contribution in [3.63, 3.8) is 0 Å². The minimum Gasteiger partial charge on any atom is -0.452 e. The number of benzene rings is 3. The van der Waals surface area contributed by atoms with Crippen molar-refractivity contribution in [3.8, 4) is 0 Å². The van der Waals surface area contributed by atoms with Gasteiger partial charge in [-0.05, 0) is 49.4 Å². The van der Waals surface area contributed by atoms with E-state index in [1.54, 1.807) is 0 Å². The van der Waals surface area contributed by atoms with Gasteiger partial charge < -0.3 is 9.73 Å². The Kier molecular flexibility index (Phi) is 3.45. The highest BCUT2D eigenvalue weighted by atomic mass is 16.3. The van der Waals surface area contributed by atoms with E-state index in [9.17, 15) is 0 Å². The number of rotatable bonds is 2. The Bertz CT molecular complexity index is 1230. The van der Waals surface area contributed by atoms with E-state index in [4.69, 9.17) is 9.40 Å². The number of fused-ring (bicyclic) bond motifs is 5. The van der Waals surface area contributed by atoms with Crippen molar-refractivity contribution < 1.29 is 4.42 Å². The van der Waals surface area contributed by atoms with Gasteiger partial charge in [-0.25, -0.2) is 9.56 Å². The van der Waals surface area contributed by atoms with Crippen LogP contribution in [-0.2, 0) is 6.42 Å². The van der Waals surface area contributed by atoms with Crippen molar-refractivity contribution in [2.45, 2.75) is 20.3 Å². The molecule has 5 rings (SSSR count). The van der Waals surface area contributed by atoms with Gasteiger partial charge in [0, 0.05) is 35.8 Å². The van der Waals surface area contributed by atoms with Crippen LogP contribution in [-0.4, -0.2) is 24.6 Å². The third-order valence-corrected chi connectivity index (χ3v) is 5.41. The first-order valence-electron chi connectivity index (χ1n) is 9.39. The third kappa shape index (κ3) is 2.29. The van der Waals surface area contributed by atoms with Crippen molar-refractivity contribution in [3.05, 3.63) is 53.4 Å². The standard InChI is InChI=1S/C22H21N3O/c1-3-25(4-2)16-6-7-17-14(11-16)5-8-18-22(17)26-21-13-19-15(9-10-23-19)12-20(21)24-18/h5-8,11-13H,3-4,9-10H2,1-2H3/p+1. The maximum absolute atomic E-state index is 6.32. The van der Waals surface area contributed by atoms with E-state index in [2.05, 4.69) is 66.2 Å². The molecule has 1 N–H and O–H groups in total. The van der Waals surface area contributed by atoms with Crippen LogP contribution in [0.25, 0.3) is 33.0 Å². The molecule has 1 aliphatic rings. The van der Waals surface area contributed by atoms with E-state index in [1.165, 1.54) is 22.0 Å². The first kappa shape index (κ1) is 15.4. The van der Waals surface area contributed by atoms with Gasteiger partial charge in [-0.15, -0.1) is 0 Å². The third-order valence-electron chi connectivity index (χ3n) is 5.41. The lowest BCUT2D eigenvalue weighted by Crippen LogP contribution is -2.29. The van der Waals surface area contributed by atoms with Gasteiger partial charge in [-0.3, -0.25) is 0 Å². The molecule has 0 amide bonds. The molecule has 26 heavy (non-hydrogen) atoms. The molecule has 2 heterocycles. The lowest BCUT2D eigenvalue weighted by Gasteiger charge is -2.07. The summed E-state index contributed by atoms with van der Waals surface area (Å²) in [5, 5.41) is 6.96. The molecule has 0 atom stereocenters. The van der Waals surface area contributed by atoms with Gasteiger partial charge >= 0.3 is 0 Å². The van der Waals surface area contributed by atoms with Gasteiger partial charge in [-0.1, -0.05) is 6.07 Å². The largest absolute Gasteiger partial charge is 0.452 e. The molecule has 4 aromatic rings. The normalized spacial score (nSPS) is 13.3. The lowest BCUT2D eigenvalue weighted by atomic mass is 10.1. The van der Waals surface area contributed by atoms with Crippen molar-refractivity contribution in [2.24, 2.45) is 0 Å². The Morgan fingerprint density at radius 3 is 2.77 bits per heavy atom. The summed E-state index contributed by atoms with van der Waals surface area (Å²) in [7, 11) is 0. The second-order valence-electron chi connectivity index (χ2n) is 6.86. The van der Waals surface area contributed by atoms with Crippen LogP contribution in [0.5, 0.6) is 0 Å². The number of hydrogen-bond acceptors (Lipinski definition) is 3. The van der Waals surface area contributed by atoms with Crippen molar-refractivity contribution in [1.29, 1.82) is 0 Å². The Hall–Kier alpha value is -2.88. The highest BCUT2D eigenvalue weighted by Gasteiger charge is 2.14. The maximum Gasteiger partial charge on any atom is 0.200 e. The summed E-state index contributed by atoms with van der Waals surface area (Å²) in [5.74, 6) is 0. The summed E-state index contributed by atoms with van der Waals surface area (Å²) in [5.41, 5.74) is 6.03. The predicted octanol–water partition coefficient (Wildman–Crippen LogP) is 3.91. The Balaban J connectivity index is 1.81. The van der Waals surface area contributed by atoms with Gasteiger partial charge in [0.2, 0.25) is 5.36 Å². The topological polar surface area (TPSA) is 41.1 Å². The summed E-state index contributed by atoms with van der Waals surface area (Å²) in [6.45, 7) is 7.37. The number of aromatic nitrogens is 1. The Morgan fingerprint density at radius 2 is 1.92 bits per heavy atom. The van der Waals surface area contributed by atoms with Crippen LogP contribution >= 0.6 is 0 Å². The van der Waals surface area contributed by atoms with E-state index in [1.807, 2.05) is 0 Å². The molecular weight excluding hydrogens is 322 g/mol. The summed E-state index contributed by atoms with van der Waals surface area (Å²) < 4.78 is 8.68. The Labute approximate surface area is 151 Å². The highest BCUT2D eigenvalue weighted by molar-refractivity contribution is 6.04. The smallest absolute Gasteiger partial charge is 0.200 e. The fourth-order valence-corrected chi connectivity index (χ4v) is 3.98. The minimum absolute atomic E-state index is 0.839. The zero-order valence-corrected chi connectivity index (χ0v) is 15.2. The number of nitrogens with zero attached hydrogens (tertiary/aromatic N) is 2. The van der Waals surface area contributed by atoms with Gasteiger partial charge in [-0.2, -0.15) is 0 Å². The average molecular weight is 344 g/mol. The van der Waals surface area contributed by atoms with Crippen LogP contribution in [0.1, 0.15) is 19.4 Å². The van der Waals surface area contributed by atoms with Crippen LogP contribution in [0.4, 0.5) is 5.69 Å². The number of anilines is 1. The van der Waals surface area contributed by atoms with Crippen LogP contribution in [0.2, 0.25) is 0 Å². The molecule has 1 aliphatic heterocycles. The molecule has 0 bridgehead atoms. The average Bonchev–Trinajstić information content (AvgIpc) is 3.12. The predicted molar refractivity (Wildman–Crippen MR) is 108 cm³/mol. The van der Waals surface area contributed by atoms with E-state index in [-0.39, 0.29) is 0 Å². The summed E-state index contributed by atoms with van der Waals surface area (Å²) in [6, 6.07) is 15.0. The zero-order chi connectivity index (χ0) is 17.7. The van der Waals surface area contributed by atoms with Gasteiger partial charge in [0.1, 0.15) is 24.1 Å². The molecule has 0 saturated heterocycles. The second-order valence-corrected chi connectivity index (χ2v) is 6.86. The SMILES string of the molecule is CC[N+](CC)=c1ccc2c(ccc3nc4cc5c(cc4oc32)NCC5)c1. The fraction of sp³-hybridized carbons (Fsp3) is 0.273. The Morgan fingerprint density at radius 1 is 1.04 bits per heavy atom. The van der Waals surface area contributed by atoms with Crippen LogP contribution in [0.15, 0.2) is 46.9 Å². The van der Waals surface area contributed by atoms with E-state index < -0.39 is 0 Å². The maximum atomic E-state index is 6.32. The molecule has 0 unspecified atom stereocenters. The summed E-state index contributed by atoms with van der Waals surface area (Å²) in [6.07, 6.45) is 1.05. The first-order valence-corrected chi connectivity index (χ1v) is 9.39. The molecule has 0 radical (unpaired) electrons. The zero-order valence-electron chi connectivity index (χ0n) is 15.2. The molecule has 0 spiro atoms. The molecule has 3 aromatic carbocycles. The van der Waals surface area contributed by atoms with Crippen molar-refractivity contribution >= 4 is 38.7 Å². The monoisotopic (exact) mass is 344 g/mol. The van der Waals surface area contributed by atoms with Crippen molar-refractivity contribution in [1.82, 2.24) is 9.56 Å². The molecule has 0 fully saturated rings. The van der Waals surface area contributed by atoms with Gasteiger partial charge in [0.15, 0.2) is 11.2 Å². The molecule has 0 saturated carbocycles. The minimum atomic E-state index is 0.839. The number of hydrogen-bond donors (Lipinski definition) is 1. The lowest BCUT2D eigenvalue weighted by molar-refractivity contribution is 0.627. The molecular formula is C22H22N3O+. The quantitative estimate of drug-likeness (QED) is 0.340. The molecule has 0 aliphatic carbocycles. The first-order chi connectivity index (χ1) is 12.8. The highest BCUT2D eigenvalue weighted by Crippen LogP contribution is 2.31.